The third-order valence-electron chi connectivity index (χ3n) is 1.55. The molecule has 0 bridgehead atoms. The molecule has 0 aromatic heterocycles. The van der Waals surface area contributed by atoms with Gasteiger partial charge in [-0.2, -0.15) is 0 Å². The van der Waals surface area contributed by atoms with E-state index in [-0.39, 0.29) is 12.4 Å². The van der Waals surface area contributed by atoms with Crippen LogP contribution in [0.15, 0.2) is 24.3 Å². The highest BCUT2D eigenvalue weighted by atomic mass is 19.1. The largest absolute Gasteiger partial charge is 0.392 e. The van der Waals surface area contributed by atoms with Gasteiger partial charge in [-0.25, -0.2) is 4.39 Å². The Labute approximate surface area is 71.2 Å². The van der Waals surface area contributed by atoms with Gasteiger partial charge in [0.1, 0.15) is 5.82 Å². The Bertz CT molecular complexity index is 292. The molecule has 0 radical (unpaired) electrons. The van der Waals surface area contributed by atoms with Crippen LogP contribution >= 0.6 is 0 Å². The van der Waals surface area contributed by atoms with Crippen molar-refractivity contribution < 1.29 is 9.50 Å². The van der Waals surface area contributed by atoms with E-state index in [1.54, 1.807) is 18.2 Å². The number of rotatable bonds is 2. The SMILES string of the molecule is Cc1ccc(F)c(/C=C/CO)c1. The predicted molar refractivity (Wildman–Crippen MR) is 47.3 cm³/mol. The predicted octanol–water partition coefficient (Wildman–Crippen LogP) is 2.14. The molecule has 0 saturated heterocycles. The smallest absolute Gasteiger partial charge is 0.130 e. The Hall–Kier alpha value is -1.15. The highest BCUT2D eigenvalue weighted by molar-refractivity contribution is 5.51. The van der Waals surface area contributed by atoms with Crippen LogP contribution in [-0.4, -0.2) is 11.7 Å². The summed E-state index contributed by atoms with van der Waals surface area (Å²) in [4.78, 5) is 0. The molecule has 0 heterocycles. The summed E-state index contributed by atoms with van der Waals surface area (Å²) in [5.41, 5.74) is 1.53. The normalized spacial score (nSPS) is 10.9. The number of aliphatic hydroxyl groups is 1. The fourth-order valence-electron chi connectivity index (χ4n) is 0.971. The molecule has 0 fully saturated rings. The lowest BCUT2D eigenvalue weighted by Gasteiger charge is -1.97. The first-order chi connectivity index (χ1) is 5.74. The summed E-state index contributed by atoms with van der Waals surface area (Å²) in [5.74, 6) is -0.259. The van der Waals surface area contributed by atoms with Crippen molar-refractivity contribution in [2.45, 2.75) is 6.92 Å². The summed E-state index contributed by atoms with van der Waals surface area (Å²) in [6.07, 6.45) is 3.08. The average molecular weight is 166 g/mol. The lowest BCUT2D eigenvalue weighted by molar-refractivity contribution is 0.343. The number of hydrogen-bond acceptors (Lipinski definition) is 1. The van der Waals surface area contributed by atoms with E-state index >= 15 is 0 Å². The van der Waals surface area contributed by atoms with Crippen LogP contribution in [0, 0.1) is 12.7 Å². The van der Waals surface area contributed by atoms with Crippen LogP contribution in [0.3, 0.4) is 0 Å². The van der Waals surface area contributed by atoms with Crippen molar-refractivity contribution in [3.8, 4) is 0 Å². The van der Waals surface area contributed by atoms with Gasteiger partial charge >= 0.3 is 0 Å². The van der Waals surface area contributed by atoms with Crippen LogP contribution < -0.4 is 0 Å². The van der Waals surface area contributed by atoms with Crippen molar-refractivity contribution in [1.82, 2.24) is 0 Å². The van der Waals surface area contributed by atoms with Gasteiger partial charge in [0, 0.05) is 5.56 Å². The first-order valence-electron chi connectivity index (χ1n) is 3.77. The minimum Gasteiger partial charge on any atom is -0.392 e. The molecule has 1 N–H and O–H groups in total. The third-order valence-corrected chi connectivity index (χ3v) is 1.55. The zero-order valence-electron chi connectivity index (χ0n) is 6.92. The molecule has 2 heteroatoms. The van der Waals surface area contributed by atoms with Crippen molar-refractivity contribution in [3.05, 3.63) is 41.2 Å². The fraction of sp³-hybridized carbons (Fsp3) is 0.200. The standard InChI is InChI=1S/C10H11FO/c1-8-4-5-10(11)9(7-8)3-2-6-12/h2-5,7,12H,6H2,1H3/b3-2+. The van der Waals surface area contributed by atoms with E-state index in [1.807, 2.05) is 6.92 Å². The van der Waals surface area contributed by atoms with E-state index in [0.29, 0.717) is 5.56 Å². The molecule has 0 aliphatic carbocycles. The molecule has 0 atom stereocenters. The molecular formula is C10H11FO. The van der Waals surface area contributed by atoms with E-state index in [2.05, 4.69) is 0 Å². The zero-order valence-corrected chi connectivity index (χ0v) is 6.92. The van der Waals surface area contributed by atoms with Gasteiger partial charge in [-0.05, 0) is 19.1 Å². The first-order valence-corrected chi connectivity index (χ1v) is 3.77. The first kappa shape index (κ1) is 8.94. The summed E-state index contributed by atoms with van der Waals surface area (Å²) in [6.45, 7) is 1.84. The van der Waals surface area contributed by atoms with Crippen molar-refractivity contribution in [2.24, 2.45) is 0 Å². The zero-order chi connectivity index (χ0) is 8.97. The Balaban J connectivity index is 2.97. The van der Waals surface area contributed by atoms with Crippen LogP contribution in [0.5, 0.6) is 0 Å². The molecule has 0 spiro atoms. The molecule has 1 nitrogen and oxygen atoms in total. The van der Waals surface area contributed by atoms with Gasteiger partial charge < -0.3 is 5.11 Å². The Morgan fingerprint density at radius 3 is 2.92 bits per heavy atom. The van der Waals surface area contributed by atoms with Crippen molar-refractivity contribution >= 4 is 6.08 Å². The van der Waals surface area contributed by atoms with Gasteiger partial charge in [0.15, 0.2) is 0 Å². The minimum absolute atomic E-state index is 0.0621. The molecule has 0 aliphatic rings. The molecule has 0 aliphatic heterocycles. The maximum Gasteiger partial charge on any atom is 0.130 e. The Morgan fingerprint density at radius 2 is 2.25 bits per heavy atom. The second-order valence-electron chi connectivity index (χ2n) is 2.61. The summed E-state index contributed by atoms with van der Waals surface area (Å²) in [7, 11) is 0. The van der Waals surface area contributed by atoms with Gasteiger partial charge in [-0.15, -0.1) is 0 Å². The van der Waals surface area contributed by atoms with Gasteiger partial charge in [0.25, 0.3) is 0 Å². The molecule has 0 unspecified atom stereocenters. The second kappa shape index (κ2) is 4.02. The topological polar surface area (TPSA) is 20.2 Å². The minimum atomic E-state index is -0.259. The van der Waals surface area contributed by atoms with Crippen LogP contribution in [0.4, 0.5) is 4.39 Å². The summed E-state index contributed by atoms with van der Waals surface area (Å²) in [6, 6.07) is 4.87. The average Bonchev–Trinajstić information content (AvgIpc) is 2.07. The summed E-state index contributed by atoms with van der Waals surface area (Å²) in [5, 5.41) is 8.48. The van der Waals surface area contributed by atoms with E-state index in [0.717, 1.165) is 5.56 Å². The van der Waals surface area contributed by atoms with Crippen LogP contribution in [-0.2, 0) is 0 Å². The van der Waals surface area contributed by atoms with Gasteiger partial charge in [0.05, 0.1) is 6.61 Å². The Morgan fingerprint density at radius 1 is 1.50 bits per heavy atom. The molecule has 0 saturated carbocycles. The maximum absolute atomic E-state index is 13.0. The van der Waals surface area contributed by atoms with E-state index in [1.165, 1.54) is 12.1 Å². The van der Waals surface area contributed by atoms with Crippen molar-refractivity contribution in [3.63, 3.8) is 0 Å². The monoisotopic (exact) mass is 166 g/mol. The second-order valence-corrected chi connectivity index (χ2v) is 2.61. The lowest BCUT2D eigenvalue weighted by Crippen LogP contribution is -1.83. The highest BCUT2D eigenvalue weighted by Crippen LogP contribution is 2.11. The molecule has 0 amide bonds. The quantitative estimate of drug-likeness (QED) is 0.713. The van der Waals surface area contributed by atoms with Gasteiger partial charge in [0.2, 0.25) is 0 Å². The number of halogens is 1. The molecule has 1 rings (SSSR count). The number of benzene rings is 1. The molecular weight excluding hydrogens is 155 g/mol. The molecule has 1 aromatic rings. The summed E-state index contributed by atoms with van der Waals surface area (Å²) >= 11 is 0. The van der Waals surface area contributed by atoms with Crippen LogP contribution in [0.1, 0.15) is 11.1 Å². The third kappa shape index (κ3) is 2.17. The van der Waals surface area contributed by atoms with Crippen LogP contribution in [0.25, 0.3) is 6.08 Å². The van der Waals surface area contributed by atoms with Crippen molar-refractivity contribution in [1.29, 1.82) is 0 Å². The highest BCUT2D eigenvalue weighted by Gasteiger charge is 1.96. The van der Waals surface area contributed by atoms with Crippen molar-refractivity contribution in [2.75, 3.05) is 6.61 Å². The van der Waals surface area contributed by atoms with Crippen LogP contribution in [0.2, 0.25) is 0 Å². The van der Waals surface area contributed by atoms with E-state index < -0.39 is 0 Å². The molecule has 12 heavy (non-hydrogen) atoms. The van der Waals surface area contributed by atoms with Gasteiger partial charge in [-0.3, -0.25) is 0 Å². The fourth-order valence-corrected chi connectivity index (χ4v) is 0.971. The van der Waals surface area contributed by atoms with E-state index in [4.69, 9.17) is 5.11 Å². The van der Waals surface area contributed by atoms with Gasteiger partial charge in [-0.1, -0.05) is 23.8 Å². The molecule has 64 valence electrons. The van der Waals surface area contributed by atoms with E-state index in [9.17, 15) is 4.39 Å². The number of aliphatic hydroxyl groups excluding tert-OH is 1. The maximum atomic E-state index is 13.0. The lowest BCUT2D eigenvalue weighted by atomic mass is 10.1. The Kier molecular flexibility index (Phi) is 3.00. The summed E-state index contributed by atoms with van der Waals surface area (Å²) < 4.78 is 13.0. The number of aryl methyl sites for hydroxylation is 1. The molecule has 1 aromatic carbocycles. The number of hydrogen-bond donors (Lipinski definition) is 1.